The van der Waals surface area contributed by atoms with E-state index in [1.165, 1.54) is 16.7 Å². The molecule has 0 bridgehead atoms. The van der Waals surface area contributed by atoms with Gasteiger partial charge in [-0.1, -0.05) is 72.8 Å². The summed E-state index contributed by atoms with van der Waals surface area (Å²) < 4.78 is 11.3. The maximum absolute atomic E-state index is 10.5. The number of hydrogen-bond donors (Lipinski definition) is 2. The fraction of sp³-hybridized carbons (Fsp3) is 0.433. The fourth-order valence-corrected chi connectivity index (χ4v) is 6.04. The molecule has 0 aliphatic heterocycles. The molecule has 1 fully saturated rings. The van der Waals surface area contributed by atoms with Gasteiger partial charge in [-0.05, 0) is 54.4 Å². The summed E-state index contributed by atoms with van der Waals surface area (Å²) in [5.41, 5.74) is 5.74. The van der Waals surface area contributed by atoms with E-state index in [0.29, 0.717) is 19.8 Å². The summed E-state index contributed by atoms with van der Waals surface area (Å²) in [4.78, 5) is 15.6. The zero-order valence-electron chi connectivity index (χ0n) is 20.7. The van der Waals surface area contributed by atoms with Crippen molar-refractivity contribution < 1.29 is 29.5 Å². The maximum Gasteiger partial charge on any atom is 0.305 e. The number of fused-ring (bicyclic) bond motifs is 1. The quantitative estimate of drug-likeness (QED) is 0.188. The summed E-state index contributed by atoms with van der Waals surface area (Å²) in [7, 11) is 0. The molecule has 0 amide bonds. The summed E-state index contributed by atoms with van der Waals surface area (Å²) in [5, 5.41) is 18.4. The lowest BCUT2D eigenvalue weighted by atomic mass is 9.66. The molecule has 0 spiro atoms. The highest BCUT2D eigenvalue weighted by molar-refractivity contribution is 5.90. The third kappa shape index (κ3) is 5.62. The van der Waals surface area contributed by atoms with Crippen molar-refractivity contribution in [2.24, 2.45) is 11.3 Å². The van der Waals surface area contributed by atoms with Gasteiger partial charge in [0, 0.05) is 24.5 Å². The first kappa shape index (κ1) is 26.3. The van der Waals surface area contributed by atoms with Gasteiger partial charge in [0.2, 0.25) is 0 Å². The van der Waals surface area contributed by atoms with Gasteiger partial charge in [0.25, 0.3) is 0 Å². The van der Waals surface area contributed by atoms with Gasteiger partial charge < -0.3 is 14.6 Å². The van der Waals surface area contributed by atoms with Crippen molar-refractivity contribution in [3.05, 3.63) is 83.9 Å². The lowest BCUT2D eigenvalue weighted by Gasteiger charge is -2.37. The van der Waals surface area contributed by atoms with Gasteiger partial charge in [-0.15, -0.1) is 0 Å². The highest BCUT2D eigenvalue weighted by Crippen LogP contribution is 2.66. The average Bonchev–Trinajstić information content (AvgIpc) is 3.42. The molecule has 2 aromatic carbocycles. The van der Waals surface area contributed by atoms with Crippen molar-refractivity contribution in [2.75, 3.05) is 26.4 Å². The van der Waals surface area contributed by atoms with Gasteiger partial charge in [0.15, 0.2) is 0 Å². The van der Waals surface area contributed by atoms with E-state index in [4.69, 9.17) is 19.5 Å². The Labute approximate surface area is 213 Å². The van der Waals surface area contributed by atoms with Crippen LogP contribution in [0.5, 0.6) is 0 Å². The minimum atomic E-state index is -0.850. The second-order valence-corrected chi connectivity index (χ2v) is 9.63. The lowest BCUT2D eigenvalue weighted by Crippen LogP contribution is -2.30. The molecule has 2 N–H and O–H groups in total. The molecule has 6 nitrogen and oxygen atoms in total. The molecular formula is C30H36O6. The van der Waals surface area contributed by atoms with Gasteiger partial charge in [0.1, 0.15) is 0 Å². The largest absolute Gasteiger partial charge is 0.481 e. The molecule has 6 heteroatoms. The van der Waals surface area contributed by atoms with Gasteiger partial charge in [0.05, 0.1) is 25.7 Å². The van der Waals surface area contributed by atoms with Gasteiger partial charge in [-0.3, -0.25) is 10.1 Å². The molecule has 0 aromatic heterocycles. The van der Waals surface area contributed by atoms with Crippen molar-refractivity contribution in [2.45, 2.75) is 44.6 Å². The molecule has 192 valence electrons. The minimum Gasteiger partial charge on any atom is -0.481 e. The Kier molecular flexibility index (Phi) is 9.10. The normalized spacial score (nSPS) is 23.1. The number of aliphatic carboxylic acids is 1. The van der Waals surface area contributed by atoms with E-state index < -0.39 is 5.97 Å². The first-order valence-electron chi connectivity index (χ1n) is 12.8. The van der Waals surface area contributed by atoms with E-state index in [0.717, 1.165) is 43.2 Å². The molecule has 2 aliphatic carbocycles. The van der Waals surface area contributed by atoms with Gasteiger partial charge in [-0.2, -0.15) is 0 Å². The molecule has 2 aromatic rings. The fourth-order valence-electron chi connectivity index (χ4n) is 6.04. The first-order valence-corrected chi connectivity index (χ1v) is 12.8. The summed E-state index contributed by atoms with van der Waals surface area (Å²) in [6.45, 7) is 6.49. The monoisotopic (exact) mass is 492 g/mol. The molecule has 0 saturated heterocycles. The number of carboxylic acids is 1. The van der Waals surface area contributed by atoms with Crippen LogP contribution in [0.3, 0.4) is 0 Å². The number of carbonyl (C=O) groups is 1. The number of benzene rings is 2. The van der Waals surface area contributed by atoms with Crippen molar-refractivity contribution in [3.8, 4) is 0 Å². The Bertz CT molecular complexity index is 1050. The highest BCUT2D eigenvalue weighted by atomic mass is 17.1. The van der Waals surface area contributed by atoms with Crippen molar-refractivity contribution in [1.29, 1.82) is 0 Å². The molecule has 0 heterocycles. The SMILES string of the molecule is C=C(c1ccccc1)C12CCC(OO)C1CC(CCOCCCOCCC(=O)O)=C2c1ccccc1. The topological polar surface area (TPSA) is 85.2 Å². The van der Waals surface area contributed by atoms with Crippen molar-refractivity contribution >= 4 is 17.1 Å². The molecule has 2 aliphatic rings. The van der Waals surface area contributed by atoms with Crippen LogP contribution in [0, 0.1) is 11.3 Å². The van der Waals surface area contributed by atoms with Crippen molar-refractivity contribution in [3.63, 3.8) is 0 Å². The second kappa shape index (κ2) is 12.5. The van der Waals surface area contributed by atoms with Gasteiger partial charge >= 0.3 is 5.97 Å². The Morgan fingerprint density at radius 1 is 0.972 bits per heavy atom. The van der Waals surface area contributed by atoms with Crippen LogP contribution >= 0.6 is 0 Å². The maximum atomic E-state index is 10.5. The van der Waals surface area contributed by atoms with Crippen molar-refractivity contribution in [1.82, 2.24) is 0 Å². The zero-order valence-corrected chi connectivity index (χ0v) is 20.7. The molecule has 0 radical (unpaired) electrons. The zero-order chi connectivity index (χ0) is 25.4. The van der Waals surface area contributed by atoms with Crippen LogP contribution in [-0.2, 0) is 19.2 Å². The van der Waals surface area contributed by atoms with Crippen LogP contribution < -0.4 is 0 Å². The Hall–Kier alpha value is -2.77. The molecule has 3 unspecified atom stereocenters. The molecule has 1 saturated carbocycles. The van der Waals surface area contributed by atoms with E-state index >= 15 is 0 Å². The number of hydrogen-bond acceptors (Lipinski definition) is 5. The minimum absolute atomic E-state index is 0.0208. The van der Waals surface area contributed by atoms with Crippen LogP contribution in [0.1, 0.15) is 49.7 Å². The second-order valence-electron chi connectivity index (χ2n) is 9.63. The lowest BCUT2D eigenvalue weighted by molar-refractivity contribution is -0.286. The van der Waals surface area contributed by atoms with E-state index in [2.05, 4.69) is 43.0 Å². The Morgan fingerprint density at radius 2 is 1.64 bits per heavy atom. The van der Waals surface area contributed by atoms with E-state index in [1.54, 1.807) is 0 Å². The average molecular weight is 493 g/mol. The van der Waals surface area contributed by atoms with E-state index in [-0.39, 0.29) is 30.5 Å². The predicted octanol–water partition coefficient (Wildman–Crippen LogP) is 6.10. The number of carboxylic acid groups (broad SMARTS) is 1. The molecule has 36 heavy (non-hydrogen) atoms. The summed E-state index contributed by atoms with van der Waals surface area (Å²) >= 11 is 0. The summed E-state index contributed by atoms with van der Waals surface area (Å²) in [5.74, 6) is -0.736. The number of allylic oxidation sites excluding steroid dienone is 2. The molecule has 4 rings (SSSR count). The first-order chi connectivity index (χ1) is 17.6. The summed E-state index contributed by atoms with van der Waals surface area (Å²) in [6.07, 6.45) is 3.81. The van der Waals surface area contributed by atoms with E-state index in [9.17, 15) is 10.1 Å². The molecule has 3 atom stereocenters. The highest BCUT2D eigenvalue weighted by Gasteiger charge is 2.57. The van der Waals surface area contributed by atoms with E-state index in [1.807, 2.05) is 24.3 Å². The third-order valence-corrected chi connectivity index (χ3v) is 7.62. The third-order valence-electron chi connectivity index (χ3n) is 7.62. The number of rotatable bonds is 14. The van der Waals surface area contributed by atoms with Crippen LogP contribution in [0.25, 0.3) is 11.1 Å². The standard InChI is InChI=1S/C30H36O6/c1-22(23-9-4-2-5-10-23)30-16-13-27(36-33)26(30)21-25(29(30)24-11-6-3-7-12-24)14-19-34-17-8-18-35-20-15-28(31)32/h2-7,9-12,26-27,33H,1,8,13-21H2,(H,31,32). The molecular weight excluding hydrogens is 456 g/mol. The van der Waals surface area contributed by atoms with Crippen LogP contribution in [0.4, 0.5) is 0 Å². The van der Waals surface area contributed by atoms with Crippen LogP contribution in [0.2, 0.25) is 0 Å². The van der Waals surface area contributed by atoms with Gasteiger partial charge in [-0.25, -0.2) is 4.89 Å². The number of ether oxygens (including phenoxy) is 2. The van der Waals surface area contributed by atoms with Crippen LogP contribution in [-0.4, -0.2) is 48.9 Å². The Morgan fingerprint density at radius 3 is 2.31 bits per heavy atom. The van der Waals surface area contributed by atoms with Crippen LogP contribution in [0.15, 0.2) is 72.8 Å². The Balaban J connectivity index is 1.52. The smallest absolute Gasteiger partial charge is 0.305 e. The predicted molar refractivity (Wildman–Crippen MR) is 139 cm³/mol. The summed E-state index contributed by atoms with van der Waals surface area (Å²) in [6, 6.07) is 20.8.